The van der Waals surface area contributed by atoms with Gasteiger partial charge in [-0.15, -0.1) is 0 Å². The maximum Gasteiger partial charge on any atom is 0.306 e. The summed E-state index contributed by atoms with van der Waals surface area (Å²) < 4.78 is 7.29. The van der Waals surface area contributed by atoms with Gasteiger partial charge in [0, 0.05) is 19.4 Å². The quantitative estimate of drug-likeness (QED) is 0.536. The monoisotopic (exact) mass is 404 g/mol. The lowest BCUT2D eigenvalue weighted by atomic mass is 9.89. The molecule has 3 saturated heterocycles. The Morgan fingerprint density at radius 2 is 1.83 bits per heavy atom. The number of aryl methyl sites for hydroxylation is 1. The Labute approximate surface area is 177 Å². The molecule has 0 atom stereocenters. The molecule has 3 aliphatic heterocycles. The molecule has 0 aliphatic carbocycles. The van der Waals surface area contributed by atoms with Crippen LogP contribution in [0.15, 0.2) is 53.4 Å². The molecule has 4 aromatic rings. The average Bonchev–Trinajstić information content (AvgIpc) is 3.37. The van der Waals surface area contributed by atoms with Crippen molar-refractivity contribution >= 4 is 11.8 Å². The average molecular weight is 405 g/mol. The first-order chi connectivity index (χ1) is 14.7. The Hall–Kier alpha value is -3.19. The van der Waals surface area contributed by atoms with Crippen LogP contribution in [0.1, 0.15) is 26.3 Å². The van der Waals surface area contributed by atoms with E-state index in [0.717, 1.165) is 28.4 Å². The van der Waals surface area contributed by atoms with Crippen molar-refractivity contribution in [3.8, 4) is 22.6 Å². The number of imidazole rings is 1. The van der Waals surface area contributed by atoms with Gasteiger partial charge in [-0.1, -0.05) is 24.3 Å². The predicted octanol–water partition coefficient (Wildman–Crippen LogP) is 4.29. The fraction of sp³-hybridized carbons (Fsp3) is 0.348. The second kappa shape index (κ2) is 7.91. The Morgan fingerprint density at radius 3 is 2.47 bits per heavy atom. The first-order valence-electron chi connectivity index (χ1n) is 10.5. The van der Waals surface area contributed by atoms with Crippen molar-refractivity contribution in [2.45, 2.75) is 26.2 Å². The molecular weight excluding hydrogens is 376 g/mol. The molecule has 6 heterocycles. The van der Waals surface area contributed by atoms with Crippen LogP contribution in [0.4, 0.5) is 5.95 Å². The Bertz CT molecular complexity index is 1140. The zero-order chi connectivity index (χ0) is 20.5. The number of oxazole rings is 1. The highest BCUT2D eigenvalue weighted by Gasteiger charge is 2.24. The number of hydrogen-bond donors (Lipinski definition) is 1. The summed E-state index contributed by atoms with van der Waals surface area (Å²) in [4.78, 5) is 15.5. The minimum Gasteiger partial charge on any atom is -0.432 e. The maximum atomic E-state index is 5.73. The van der Waals surface area contributed by atoms with Crippen LogP contribution in [0.3, 0.4) is 0 Å². The summed E-state index contributed by atoms with van der Waals surface area (Å²) in [7, 11) is 0. The Balaban J connectivity index is 0.000000215. The number of nitrogens with two attached hydrogens (primary N) is 1. The zero-order valence-electron chi connectivity index (χ0n) is 17.2. The zero-order valence-corrected chi connectivity index (χ0v) is 17.2. The minimum absolute atomic E-state index is 0. The molecule has 0 unspecified atom stereocenters. The van der Waals surface area contributed by atoms with Crippen molar-refractivity contribution in [1.82, 2.24) is 24.3 Å². The van der Waals surface area contributed by atoms with Crippen molar-refractivity contribution < 1.29 is 5.84 Å². The van der Waals surface area contributed by atoms with Gasteiger partial charge in [0.15, 0.2) is 0 Å². The molecule has 2 N–H and O–H groups in total. The molecule has 7 nitrogen and oxygen atoms in total. The van der Waals surface area contributed by atoms with Gasteiger partial charge in [-0.05, 0) is 63.4 Å². The highest BCUT2D eigenvalue weighted by atomic mass is 16.3. The predicted molar refractivity (Wildman–Crippen MR) is 119 cm³/mol. The van der Waals surface area contributed by atoms with Gasteiger partial charge in [0.25, 0.3) is 0 Å². The molecule has 0 radical (unpaired) electrons. The van der Waals surface area contributed by atoms with Crippen LogP contribution in [-0.4, -0.2) is 43.9 Å². The van der Waals surface area contributed by atoms with Gasteiger partial charge in [0.2, 0.25) is 5.95 Å². The third-order valence-corrected chi connectivity index (χ3v) is 6.14. The summed E-state index contributed by atoms with van der Waals surface area (Å²) in [5.41, 5.74) is 10.3. The molecule has 1 aromatic carbocycles. The normalized spacial score (nSPS) is 20.2. The standard InChI is InChI=1S/C16H13N5O.C7H13N.H2/c1-10-4-2-3-5-11(10)13-14(12-6-7-18-15(17)19-12)21-8-9-22-16(21)20-13;1-4-8-5-2-7(1)3-6-8;/h2-9H,1H3,(H2,17,18,19);7H,1-6H2;1H. The van der Waals surface area contributed by atoms with Gasteiger partial charge in [-0.25, -0.2) is 9.97 Å². The first-order valence-corrected chi connectivity index (χ1v) is 10.5. The summed E-state index contributed by atoms with van der Waals surface area (Å²) in [6.07, 6.45) is 9.51. The Kier molecular flexibility index (Phi) is 4.96. The SMILES string of the molecule is C1CN2CCC1CC2.Cc1ccccc1-c1nc2occn2c1-c1ccnc(N)n1.[HH]. The van der Waals surface area contributed by atoms with Gasteiger partial charge in [-0.2, -0.15) is 4.98 Å². The summed E-state index contributed by atoms with van der Waals surface area (Å²) in [5, 5.41) is 0. The summed E-state index contributed by atoms with van der Waals surface area (Å²) in [6, 6.07) is 9.89. The van der Waals surface area contributed by atoms with Crippen LogP contribution in [0.2, 0.25) is 0 Å². The van der Waals surface area contributed by atoms with Crippen LogP contribution in [0.5, 0.6) is 0 Å². The van der Waals surface area contributed by atoms with E-state index in [-0.39, 0.29) is 7.37 Å². The third-order valence-electron chi connectivity index (χ3n) is 6.14. The second-order valence-electron chi connectivity index (χ2n) is 8.05. The van der Waals surface area contributed by atoms with Crippen molar-refractivity contribution in [3.05, 3.63) is 54.6 Å². The molecule has 7 rings (SSSR count). The number of hydrogen-bond acceptors (Lipinski definition) is 6. The highest BCUT2D eigenvalue weighted by molar-refractivity contribution is 5.81. The van der Waals surface area contributed by atoms with E-state index in [4.69, 9.17) is 10.2 Å². The lowest BCUT2D eigenvalue weighted by Gasteiger charge is -2.38. The minimum atomic E-state index is 0. The smallest absolute Gasteiger partial charge is 0.306 e. The van der Waals surface area contributed by atoms with Gasteiger partial charge in [0.05, 0.1) is 5.69 Å². The molecule has 3 aromatic heterocycles. The van der Waals surface area contributed by atoms with Gasteiger partial charge >= 0.3 is 5.84 Å². The fourth-order valence-corrected chi connectivity index (χ4v) is 4.43. The van der Waals surface area contributed by atoms with Crippen LogP contribution in [-0.2, 0) is 0 Å². The van der Waals surface area contributed by atoms with Crippen molar-refractivity contribution in [2.24, 2.45) is 5.92 Å². The second-order valence-corrected chi connectivity index (χ2v) is 8.05. The van der Waals surface area contributed by atoms with E-state index in [1.54, 1.807) is 12.5 Å². The Morgan fingerprint density at radius 1 is 1.07 bits per heavy atom. The van der Waals surface area contributed by atoms with E-state index in [1.807, 2.05) is 34.9 Å². The number of nitrogens with zero attached hydrogens (tertiary/aromatic N) is 5. The topological polar surface area (TPSA) is 85.5 Å². The van der Waals surface area contributed by atoms with E-state index in [1.165, 1.54) is 38.9 Å². The number of nitrogen functional groups attached to an aromatic ring is 1. The third kappa shape index (κ3) is 3.57. The van der Waals surface area contributed by atoms with Crippen molar-refractivity contribution in [1.29, 1.82) is 0 Å². The van der Waals surface area contributed by atoms with Crippen LogP contribution in [0, 0.1) is 12.8 Å². The van der Waals surface area contributed by atoms with Crippen LogP contribution in [0.25, 0.3) is 28.5 Å². The van der Waals surface area contributed by atoms with E-state index in [9.17, 15) is 0 Å². The maximum absolute atomic E-state index is 5.73. The van der Waals surface area contributed by atoms with E-state index in [0.29, 0.717) is 11.5 Å². The largest absolute Gasteiger partial charge is 0.432 e. The lowest BCUT2D eigenvalue weighted by molar-refractivity contribution is 0.111. The summed E-state index contributed by atoms with van der Waals surface area (Å²) in [6.45, 7) is 6.23. The number of fused-ring (bicyclic) bond motifs is 4. The van der Waals surface area contributed by atoms with E-state index >= 15 is 0 Å². The molecule has 3 fully saturated rings. The van der Waals surface area contributed by atoms with Crippen molar-refractivity contribution in [3.63, 3.8) is 0 Å². The number of aromatic nitrogens is 4. The van der Waals surface area contributed by atoms with Crippen LogP contribution >= 0.6 is 0 Å². The molecule has 156 valence electrons. The summed E-state index contributed by atoms with van der Waals surface area (Å²) >= 11 is 0. The fourth-order valence-electron chi connectivity index (χ4n) is 4.43. The molecule has 0 amide bonds. The molecule has 2 bridgehead atoms. The lowest BCUT2D eigenvalue weighted by Crippen LogP contribution is -2.41. The first kappa shape index (κ1) is 18.8. The van der Waals surface area contributed by atoms with E-state index < -0.39 is 0 Å². The number of benzene rings is 1. The molecule has 0 saturated carbocycles. The van der Waals surface area contributed by atoms with Gasteiger partial charge < -0.3 is 15.1 Å². The number of anilines is 1. The van der Waals surface area contributed by atoms with E-state index in [2.05, 4.69) is 32.8 Å². The van der Waals surface area contributed by atoms with Gasteiger partial charge in [-0.3, -0.25) is 4.40 Å². The van der Waals surface area contributed by atoms with Crippen LogP contribution < -0.4 is 5.73 Å². The molecular formula is C23H28N6O. The highest BCUT2D eigenvalue weighted by Crippen LogP contribution is 2.33. The molecule has 3 aliphatic rings. The summed E-state index contributed by atoms with van der Waals surface area (Å²) in [5.74, 6) is 1.86. The van der Waals surface area contributed by atoms with Gasteiger partial charge in [0.1, 0.15) is 17.7 Å². The molecule has 30 heavy (non-hydrogen) atoms. The number of rotatable bonds is 2. The number of piperidine rings is 3. The molecule has 0 spiro atoms. The van der Waals surface area contributed by atoms with Crippen molar-refractivity contribution in [2.75, 3.05) is 25.4 Å². The molecule has 7 heteroatoms.